The van der Waals surface area contributed by atoms with Gasteiger partial charge in [-0.1, -0.05) is 41.4 Å². The van der Waals surface area contributed by atoms with E-state index in [9.17, 15) is 4.79 Å². The van der Waals surface area contributed by atoms with Gasteiger partial charge in [-0.25, -0.2) is 4.98 Å². The molecule has 1 N–H and O–H groups in total. The number of fused-ring (bicyclic) bond motifs is 1. The maximum absolute atomic E-state index is 12.3. The summed E-state index contributed by atoms with van der Waals surface area (Å²) in [6, 6.07) is 11.0. The van der Waals surface area contributed by atoms with Crippen LogP contribution in [0, 0.1) is 6.92 Å². The summed E-state index contributed by atoms with van der Waals surface area (Å²) in [5.41, 5.74) is 0.664. The molecule has 0 bridgehead atoms. The fraction of sp³-hybridized carbons (Fsp3) is 0.0667. The van der Waals surface area contributed by atoms with Crippen molar-refractivity contribution in [3.05, 3.63) is 57.0 Å². The van der Waals surface area contributed by atoms with Crippen molar-refractivity contribution in [2.75, 3.05) is 5.32 Å². The van der Waals surface area contributed by atoms with Crippen molar-refractivity contribution in [1.82, 2.24) is 4.98 Å². The third kappa shape index (κ3) is 2.75. The molecular weight excluding hydrogens is 327 g/mol. The van der Waals surface area contributed by atoms with E-state index in [1.807, 2.05) is 24.3 Å². The fourth-order valence-corrected chi connectivity index (χ4v) is 3.46. The number of nitrogens with one attached hydrogen (secondary N) is 1. The van der Waals surface area contributed by atoms with Gasteiger partial charge in [-0.15, -0.1) is 11.3 Å². The van der Waals surface area contributed by atoms with Crippen molar-refractivity contribution in [2.45, 2.75) is 6.92 Å². The predicted molar refractivity (Wildman–Crippen MR) is 88.8 cm³/mol. The highest BCUT2D eigenvalue weighted by molar-refractivity contribution is 7.21. The number of aryl methyl sites for hydroxylation is 1. The van der Waals surface area contributed by atoms with Crippen LogP contribution in [0.3, 0.4) is 0 Å². The van der Waals surface area contributed by atoms with Crippen molar-refractivity contribution in [1.29, 1.82) is 0 Å². The molecule has 1 aromatic carbocycles. The summed E-state index contributed by atoms with van der Waals surface area (Å²) >= 11 is 13.6. The van der Waals surface area contributed by atoms with Gasteiger partial charge in [0.15, 0.2) is 0 Å². The van der Waals surface area contributed by atoms with E-state index in [1.165, 1.54) is 11.3 Å². The van der Waals surface area contributed by atoms with E-state index >= 15 is 0 Å². The van der Waals surface area contributed by atoms with Crippen molar-refractivity contribution in [2.24, 2.45) is 0 Å². The van der Waals surface area contributed by atoms with Gasteiger partial charge in [0.2, 0.25) is 0 Å². The van der Waals surface area contributed by atoms with Gasteiger partial charge in [0.1, 0.15) is 10.7 Å². The minimum absolute atomic E-state index is 0.268. The molecule has 0 radical (unpaired) electrons. The second-order valence-electron chi connectivity index (χ2n) is 4.46. The summed E-state index contributed by atoms with van der Waals surface area (Å²) < 4.78 is 0.980. The molecule has 2 aromatic heterocycles. The number of benzene rings is 1. The van der Waals surface area contributed by atoms with E-state index < -0.39 is 0 Å². The van der Waals surface area contributed by atoms with Gasteiger partial charge in [0, 0.05) is 10.1 Å². The Kier molecular flexibility index (Phi) is 3.85. The number of halogens is 2. The van der Waals surface area contributed by atoms with E-state index in [0.29, 0.717) is 26.4 Å². The van der Waals surface area contributed by atoms with Crippen LogP contribution >= 0.6 is 34.5 Å². The number of rotatable bonds is 2. The quantitative estimate of drug-likeness (QED) is 0.701. The molecule has 0 atom stereocenters. The molecule has 0 unspecified atom stereocenters. The Morgan fingerprint density at radius 1 is 1.19 bits per heavy atom. The molecule has 106 valence electrons. The van der Waals surface area contributed by atoms with Crippen LogP contribution in [0.25, 0.3) is 10.1 Å². The van der Waals surface area contributed by atoms with Crippen LogP contribution in [0.1, 0.15) is 15.4 Å². The van der Waals surface area contributed by atoms with E-state index in [1.54, 1.807) is 19.1 Å². The maximum Gasteiger partial charge on any atom is 0.268 e. The normalized spacial score (nSPS) is 10.8. The zero-order valence-corrected chi connectivity index (χ0v) is 13.3. The van der Waals surface area contributed by atoms with Gasteiger partial charge in [0.05, 0.1) is 15.7 Å². The number of thiophene rings is 1. The Labute approximate surface area is 135 Å². The molecule has 0 spiro atoms. The first kappa shape index (κ1) is 14.3. The highest BCUT2D eigenvalue weighted by Crippen LogP contribution is 2.35. The van der Waals surface area contributed by atoms with Gasteiger partial charge in [-0.05, 0) is 25.1 Å². The van der Waals surface area contributed by atoms with Crippen LogP contribution in [-0.2, 0) is 0 Å². The lowest BCUT2D eigenvalue weighted by Gasteiger charge is -2.05. The number of aromatic nitrogens is 1. The molecule has 0 aliphatic rings. The van der Waals surface area contributed by atoms with Crippen LogP contribution in [-0.4, -0.2) is 10.9 Å². The topological polar surface area (TPSA) is 42.0 Å². The maximum atomic E-state index is 12.3. The molecule has 3 rings (SSSR count). The minimum atomic E-state index is -0.268. The van der Waals surface area contributed by atoms with Crippen molar-refractivity contribution >= 4 is 56.3 Å². The smallest absolute Gasteiger partial charge is 0.268 e. The van der Waals surface area contributed by atoms with Gasteiger partial charge >= 0.3 is 0 Å². The monoisotopic (exact) mass is 336 g/mol. The Morgan fingerprint density at radius 2 is 1.95 bits per heavy atom. The lowest BCUT2D eigenvalue weighted by Crippen LogP contribution is -2.12. The molecule has 1 amide bonds. The molecule has 0 aliphatic heterocycles. The number of amides is 1. The summed E-state index contributed by atoms with van der Waals surface area (Å²) in [5, 5.41) is 4.66. The van der Waals surface area contributed by atoms with E-state index in [4.69, 9.17) is 23.2 Å². The average molecular weight is 337 g/mol. The average Bonchev–Trinajstić information content (AvgIpc) is 2.81. The minimum Gasteiger partial charge on any atom is -0.306 e. The third-order valence-corrected chi connectivity index (χ3v) is 5.08. The Morgan fingerprint density at radius 3 is 2.67 bits per heavy atom. The second-order valence-corrected chi connectivity index (χ2v) is 6.30. The van der Waals surface area contributed by atoms with Crippen LogP contribution in [0.15, 0.2) is 36.4 Å². The molecule has 0 aliphatic carbocycles. The van der Waals surface area contributed by atoms with Gasteiger partial charge in [-0.2, -0.15) is 0 Å². The number of carbonyl (C=O) groups excluding carboxylic acids is 1. The van der Waals surface area contributed by atoms with Crippen LogP contribution in [0.5, 0.6) is 0 Å². The molecule has 0 saturated carbocycles. The molecule has 0 fully saturated rings. The van der Waals surface area contributed by atoms with Crippen LogP contribution in [0.2, 0.25) is 10.0 Å². The summed E-state index contributed by atoms with van der Waals surface area (Å²) in [6.45, 7) is 1.78. The zero-order valence-electron chi connectivity index (χ0n) is 11.0. The number of hydrogen-bond acceptors (Lipinski definition) is 3. The second kappa shape index (κ2) is 5.64. The predicted octanol–water partition coefficient (Wildman–Crippen LogP) is 5.16. The van der Waals surface area contributed by atoms with Gasteiger partial charge < -0.3 is 5.32 Å². The first-order valence-corrected chi connectivity index (χ1v) is 7.75. The first-order chi connectivity index (χ1) is 10.1. The molecule has 2 heterocycles. The number of anilines is 1. The Bertz CT molecular complexity index is 845. The van der Waals surface area contributed by atoms with E-state index in [0.717, 1.165) is 10.1 Å². The first-order valence-electron chi connectivity index (χ1n) is 6.18. The van der Waals surface area contributed by atoms with E-state index in [2.05, 4.69) is 10.3 Å². The molecule has 3 nitrogen and oxygen atoms in total. The van der Waals surface area contributed by atoms with Crippen LogP contribution < -0.4 is 5.32 Å². The van der Waals surface area contributed by atoms with Gasteiger partial charge in [0.25, 0.3) is 5.91 Å². The van der Waals surface area contributed by atoms with Crippen molar-refractivity contribution in [3.63, 3.8) is 0 Å². The molecule has 0 saturated heterocycles. The summed E-state index contributed by atoms with van der Waals surface area (Å²) in [4.78, 5) is 17.0. The standard InChI is InChI=1S/C15H10Cl2N2OS/c1-8-10(16)6-7-12(18-8)19-15(20)14-13(17)9-4-2-3-5-11(9)21-14/h2-7H,1H3,(H,18,19,20). The van der Waals surface area contributed by atoms with Gasteiger partial charge in [-0.3, -0.25) is 4.79 Å². The van der Waals surface area contributed by atoms with Crippen LogP contribution in [0.4, 0.5) is 5.82 Å². The molecule has 6 heteroatoms. The number of pyridine rings is 1. The third-order valence-electron chi connectivity index (χ3n) is 3.00. The van der Waals surface area contributed by atoms with Crippen molar-refractivity contribution in [3.8, 4) is 0 Å². The SMILES string of the molecule is Cc1nc(NC(=O)c2sc3ccccc3c2Cl)ccc1Cl. The largest absolute Gasteiger partial charge is 0.306 e. The lowest BCUT2D eigenvalue weighted by molar-refractivity contribution is 0.103. The summed E-state index contributed by atoms with van der Waals surface area (Å²) in [7, 11) is 0. The Hall–Kier alpha value is -1.62. The zero-order chi connectivity index (χ0) is 15.0. The fourth-order valence-electron chi connectivity index (χ4n) is 1.95. The highest BCUT2D eigenvalue weighted by Gasteiger charge is 2.17. The summed E-state index contributed by atoms with van der Waals surface area (Å²) in [5.74, 6) is 0.186. The number of nitrogens with zero attached hydrogens (tertiary/aromatic N) is 1. The molecule has 3 aromatic rings. The molecule has 21 heavy (non-hydrogen) atoms. The molecular formula is C15H10Cl2N2OS. The van der Waals surface area contributed by atoms with E-state index in [-0.39, 0.29) is 5.91 Å². The Balaban J connectivity index is 1.93. The number of hydrogen-bond donors (Lipinski definition) is 1. The lowest BCUT2D eigenvalue weighted by atomic mass is 10.2. The highest BCUT2D eigenvalue weighted by atomic mass is 35.5. The summed E-state index contributed by atoms with van der Waals surface area (Å²) in [6.07, 6.45) is 0. The van der Waals surface area contributed by atoms with Crippen molar-refractivity contribution < 1.29 is 4.79 Å². The number of carbonyl (C=O) groups is 1.